The average molecular weight is 367 g/mol. The third-order valence-electron chi connectivity index (χ3n) is 5.59. The van der Waals surface area contributed by atoms with Gasteiger partial charge in [0.15, 0.2) is 0 Å². The van der Waals surface area contributed by atoms with Gasteiger partial charge in [0.1, 0.15) is 5.75 Å². The number of nitrogens with zero attached hydrogens (tertiary/aromatic N) is 1. The second kappa shape index (κ2) is 7.59. The third-order valence-corrected chi connectivity index (χ3v) is 5.59. The molecule has 0 radical (unpaired) electrons. The second-order valence-electron chi connectivity index (χ2n) is 7.94. The van der Waals surface area contributed by atoms with Gasteiger partial charge in [-0.2, -0.15) is 0 Å². The minimum absolute atomic E-state index is 0.0378. The highest BCUT2D eigenvalue weighted by Crippen LogP contribution is 2.41. The third kappa shape index (κ3) is 3.92. The predicted octanol–water partition coefficient (Wildman–Crippen LogP) is 4.32. The highest BCUT2D eigenvalue weighted by molar-refractivity contribution is 5.74. The van der Waals surface area contributed by atoms with E-state index in [2.05, 4.69) is 47.7 Å². The zero-order valence-corrected chi connectivity index (χ0v) is 16.8. The van der Waals surface area contributed by atoms with Gasteiger partial charge in [-0.25, -0.2) is 4.79 Å². The molecular weight excluding hydrogens is 338 g/mol. The highest BCUT2D eigenvalue weighted by Gasteiger charge is 2.32. The number of nitrogens with one attached hydrogen (secondary N) is 2. The molecule has 1 aliphatic rings. The zero-order valence-electron chi connectivity index (χ0n) is 16.8. The quantitative estimate of drug-likeness (QED) is 0.846. The van der Waals surface area contributed by atoms with Crippen molar-refractivity contribution in [1.29, 1.82) is 0 Å². The normalized spacial score (nSPS) is 17.7. The van der Waals surface area contributed by atoms with E-state index >= 15 is 0 Å². The van der Waals surface area contributed by atoms with Crippen molar-refractivity contribution in [3.05, 3.63) is 58.4 Å². The van der Waals surface area contributed by atoms with Crippen molar-refractivity contribution < 1.29 is 9.53 Å². The Kier molecular flexibility index (Phi) is 5.40. The number of amides is 2. The van der Waals surface area contributed by atoms with Crippen molar-refractivity contribution >= 4 is 6.03 Å². The molecule has 1 aromatic carbocycles. The first kappa shape index (κ1) is 19.2. The van der Waals surface area contributed by atoms with Crippen molar-refractivity contribution in [2.45, 2.75) is 58.5 Å². The van der Waals surface area contributed by atoms with Crippen LogP contribution < -0.4 is 15.4 Å². The van der Waals surface area contributed by atoms with E-state index in [1.807, 2.05) is 19.9 Å². The van der Waals surface area contributed by atoms with Crippen molar-refractivity contribution in [1.82, 2.24) is 15.6 Å². The van der Waals surface area contributed by atoms with Gasteiger partial charge in [-0.3, -0.25) is 4.98 Å². The molecule has 1 aromatic heterocycles. The summed E-state index contributed by atoms with van der Waals surface area (Å²) in [7, 11) is 1.65. The summed E-state index contributed by atoms with van der Waals surface area (Å²) in [4.78, 5) is 16.9. The minimum Gasteiger partial charge on any atom is -0.496 e. The van der Waals surface area contributed by atoms with Crippen molar-refractivity contribution in [2.24, 2.45) is 0 Å². The van der Waals surface area contributed by atoms with Gasteiger partial charge in [-0.1, -0.05) is 38.1 Å². The fourth-order valence-electron chi connectivity index (χ4n) is 3.99. The number of aryl methyl sites for hydroxylation is 1. The lowest BCUT2D eigenvalue weighted by Gasteiger charge is -2.37. The molecule has 0 unspecified atom stereocenters. The number of rotatable bonds is 4. The SMILES string of the molecule is COc1c(C)cnc(CNC(=O)N[C@H]2CCC(C)(C)c3ccccc32)c1C. The van der Waals surface area contributed by atoms with E-state index in [0.717, 1.165) is 35.4 Å². The maximum absolute atomic E-state index is 12.5. The molecular formula is C22H29N3O2. The number of benzene rings is 1. The monoisotopic (exact) mass is 367 g/mol. The largest absolute Gasteiger partial charge is 0.496 e. The summed E-state index contributed by atoms with van der Waals surface area (Å²) in [6.07, 6.45) is 3.76. The van der Waals surface area contributed by atoms with Crippen LogP contribution in [0, 0.1) is 13.8 Å². The molecule has 0 saturated heterocycles. The molecule has 0 saturated carbocycles. The van der Waals surface area contributed by atoms with E-state index in [9.17, 15) is 4.79 Å². The minimum atomic E-state index is -0.171. The van der Waals surface area contributed by atoms with E-state index in [0.29, 0.717) is 6.54 Å². The van der Waals surface area contributed by atoms with Gasteiger partial charge in [0.05, 0.1) is 25.4 Å². The van der Waals surface area contributed by atoms with E-state index in [4.69, 9.17) is 4.74 Å². The molecule has 2 amide bonds. The summed E-state index contributed by atoms with van der Waals surface area (Å²) in [5, 5.41) is 6.07. The Labute approximate surface area is 161 Å². The van der Waals surface area contributed by atoms with Crippen LogP contribution in [0.5, 0.6) is 5.75 Å². The van der Waals surface area contributed by atoms with Crippen LogP contribution in [0.25, 0.3) is 0 Å². The van der Waals surface area contributed by atoms with E-state index < -0.39 is 0 Å². The molecule has 0 fully saturated rings. The van der Waals surface area contributed by atoms with Crippen LogP contribution in [-0.2, 0) is 12.0 Å². The van der Waals surface area contributed by atoms with Gasteiger partial charge in [0.2, 0.25) is 0 Å². The number of urea groups is 1. The Balaban J connectivity index is 1.67. The lowest BCUT2D eigenvalue weighted by Crippen LogP contribution is -2.41. The van der Waals surface area contributed by atoms with Gasteiger partial charge in [0.25, 0.3) is 0 Å². The summed E-state index contributed by atoms with van der Waals surface area (Å²) >= 11 is 0. The summed E-state index contributed by atoms with van der Waals surface area (Å²) in [6.45, 7) is 8.83. The lowest BCUT2D eigenvalue weighted by atomic mass is 9.71. The Hall–Kier alpha value is -2.56. The summed E-state index contributed by atoms with van der Waals surface area (Å²) in [5.41, 5.74) is 5.45. The number of ether oxygens (including phenoxy) is 1. The first-order chi connectivity index (χ1) is 12.8. The van der Waals surface area contributed by atoms with Crippen molar-refractivity contribution in [2.75, 3.05) is 7.11 Å². The first-order valence-electron chi connectivity index (χ1n) is 9.46. The molecule has 5 heteroatoms. The number of pyridine rings is 1. The number of carbonyl (C=O) groups excluding carboxylic acids is 1. The molecule has 144 valence electrons. The molecule has 2 aromatic rings. The van der Waals surface area contributed by atoms with Crippen LogP contribution in [-0.4, -0.2) is 18.1 Å². The molecule has 5 nitrogen and oxygen atoms in total. The smallest absolute Gasteiger partial charge is 0.315 e. The Morgan fingerprint density at radius 1 is 1.30 bits per heavy atom. The number of hydrogen-bond donors (Lipinski definition) is 2. The molecule has 0 spiro atoms. The fraction of sp³-hybridized carbons (Fsp3) is 0.455. The maximum atomic E-state index is 12.5. The summed E-state index contributed by atoms with van der Waals surface area (Å²) in [5.74, 6) is 0.825. The Bertz CT molecular complexity index is 845. The molecule has 0 aliphatic heterocycles. The maximum Gasteiger partial charge on any atom is 0.315 e. The van der Waals surface area contributed by atoms with Crippen molar-refractivity contribution in [3.8, 4) is 5.75 Å². The fourth-order valence-corrected chi connectivity index (χ4v) is 3.99. The van der Waals surface area contributed by atoms with Crippen LogP contribution in [0.3, 0.4) is 0 Å². The average Bonchev–Trinajstić information content (AvgIpc) is 2.64. The molecule has 2 N–H and O–H groups in total. The zero-order chi connectivity index (χ0) is 19.6. The topological polar surface area (TPSA) is 63.2 Å². The van der Waals surface area contributed by atoms with E-state index in [-0.39, 0.29) is 17.5 Å². The van der Waals surface area contributed by atoms with E-state index in [1.54, 1.807) is 13.3 Å². The Morgan fingerprint density at radius 3 is 2.78 bits per heavy atom. The van der Waals surface area contributed by atoms with Crippen LogP contribution >= 0.6 is 0 Å². The molecule has 1 atom stereocenters. The standard InChI is InChI=1S/C22H29N3O2/c1-14-12-23-19(15(2)20(14)27-5)13-24-21(26)25-18-10-11-22(3,4)17-9-7-6-8-16(17)18/h6-9,12,18H,10-11,13H2,1-5H3,(H2,24,25,26)/t18-/m0/s1. The van der Waals surface area contributed by atoms with Crippen LogP contribution in [0.15, 0.2) is 30.5 Å². The molecule has 1 aliphatic carbocycles. The summed E-state index contributed by atoms with van der Waals surface area (Å²) in [6, 6.07) is 8.28. The Morgan fingerprint density at radius 2 is 2.04 bits per heavy atom. The van der Waals surface area contributed by atoms with Crippen molar-refractivity contribution in [3.63, 3.8) is 0 Å². The number of carbonyl (C=O) groups is 1. The first-order valence-corrected chi connectivity index (χ1v) is 9.46. The van der Waals surface area contributed by atoms with Gasteiger partial charge in [0, 0.05) is 17.3 Å². The van der Waals surface area contributed by atoms with Gasteiger partial charge in [-0.05, 0) is 43.2 Å². The predicted molar refractivity (Wildman–Crippen MR) is 107 cm³/mol. The van der Waals surface area contributed by atoms with E-state index in [1.165, 1.54) is 11.1 Å². The number of aromatic nitrogens is 1. The van der Waals surface area contributed by atoms with Crippen LogP contribution in [0.2, 0.25) is 0 Å². The van der Waals surface area contributed by atoms with Gasteiger partial charge < -0.3 is 15.4 Å². The molecule has 27 heavy (non-hydrogen) atoms. The van der Waals surface area contributed by atoms with Crippen LogP contribution in [0.1, 0.15) is 60.7 Å². The van der Waals surface area contributed by atoms with Gasteiger partial charge >= 0.3 is 6.03 Å². The lowest BCUT2D eigenvalue weighted by molar-refractivity contribution is 0.233. The molecule has 3 rings (SSSR count). The number of methoxy groups -OCH3 is 1. The number of hydrogen-bond acceptors (Lipinski definition) is 3. The van der Waals surface area contributed by atoms with Gasteiger partial charge in [-0.15, -0.1) is 0 Å². The van der Waals surface area contributed by atoms with Crippen LogP contribution in [0.4, 0.5) is 4.79 Å². The number of fused-ring (bicyclic) bond motifs is 1. The highest BCUT2D eigenvalue weighted by atomic mass is 16.5. The molecule has 1 heterocycles. The summed E-state index contributed by atoms with van der Waals surface area (Å²) < 4.78 is 5.43. The molecule has 0 bridgehead atoms. The second-order valence-corrected chi connectivity index (χ2v) is 7.94.